The highest BCUT2D eigenvalue weighted by Crippen LogP contribution is 2.28. The van der Waals surface area contributed by atoms with Crippen molar-refractivity contribution in [1.82, 2.24) is 0 Å². The van der Waals surface area contributed by atoms with Crippen LogP contribution in [-0.4, -0.2) is 17.2 Å². The summed E-state index contributed by atoms with van der Waals surface area (Å²) in [4.78, 5) is 0. The molecule has 96 valence electrons. The highest BCUT2D eigenvalue weighted by Gasteiger charge is 2.18. The van der Waals surface area contributed by atoms with Crippen LogP contribution in [0.25, 0.3) is 5.47 Å². The minimum absolute atomic E-state index is 0.640. The highest BCUT2D eigenvalue weighted by atomic mass is 16.4. The predicted molar refractivity (Wildman–Crippen MR) is 75.8 cm³/mol. The third-order valence-corrected chi connectivity index (χ3v) is 3.78. The van der Waals surface area contributed by atoms with Gasteiger partial charge in [-0.1, -0.05) is 68.5 Å². The molecule has 0 heterocycles. The van der Waals surface area contributed by atoms with Gasteiger partial charge in [0.25, 0.3) is 0 Å². The van der Waals surface area contributed by atoms with E-state index in [4.69, 9.17) is 0 Å². The van der Waals surface area contributed by atoms with Crippen molar-refractivity contribution in [3.8, 4) is 0 Å². The van der Waals surface area contributed by atoms with Crippen LogP contribution in [0.2, 0.25) is 0 Å². The lowest BCUT2D eigenvalue weighted by Crippen LogP contribution is -2.15. The molecule has 3 heteroatoms. The van der Waals surface area contributed by atoms with Crippen LogP contribution < -0.4 is 0 Å². The number of hydrogen-bond acceptors (Lipinski definition) is 2. The van der Waals surface area contributed by atoms with E-state index in [-0.39, 0.29) is 0 Å². The van der Waals surface area contributed by atoms with Gasteiger partial charge >= 0.3 is 7.12 Å². The van der Waals surface area contributed by atoms with Gasteiger partial charge in [0.15, 0.2) is 0 Å². The van der Waals surface area contributed by atoms with E-state index < -0.39 is 7.12 Å². The van der Waals surface area contributed by atoms with E-state index in [1.165, 1.54) is 32.1 Å². The number of hydrogen-bond donors (Lipinski definition) is 2. The molecule has 0 atom stereocenters. The third kappa shape index (κ3) is 3.72. The van der Waals surface area contributed by atoms with Crippen LogP contribution in [0, 0.1) is 5.92 Å². The Morgan fingerprint density at radius 3 is 2.39 bits per heavy atom. The number of benzene rings is 1. The first-order valence-corrected chi connectivity index (χ1v) is 6.89. The maximum atomic E-state index is 9.48. The normalized spacial score (nSPS) is 17.8. The molecular weight excluding hydrogens is 223 g/mol. The van der Waals surface area contributed by atoms with Crippen molar-refractivity contribution in [2.45, 2.75) is 38.5 Å². The van der Waals surface area contributed by atoms with Crippen molar-refractivity contribution < 1.29 is 10.0 Å². The molecule has 0 unspecified atom stereocenters. The Hall–Kier alpha value is -1.06. The molecule has 0 bridgehead atoms. The van der Waals surface area contributed by atoms with E-state index in [2.05, 4.69) is 0 Å². The van der Waals surface area contributed by atoms with Gasteiger partial charge in [0.05, 0.1) is 0 Å². The van der Waals surface area contributed by atoms with Gasteiger partial charge in [-0.15, -0.1) is 0 Å². The largest absolute Gasteiger partial charge is 0.488 e. The van der Waals surface area contributed by atoms with Gasteiger partial charge in [-0.3, -0.25) is 0 Å². The van der Waals surface area contributed by atoms with Crippen molar-refractivity contribution in [2.24, 2.45) is 5.92 Å². The fourth-order valence-electron chi connectivity index (χ4n) is 2.72. The van der Waals surface area contributed by atoms with Crippen molar-refractivity contribution in [3.05, 3.63) is 42.0 Å². The average molecular weight is 244 g/mol. The molecule has 0 amide bonds. The molecule has 18 heavy (non-hydrogen) atoms. The average Bonchev–Trinajstić information content (AvgIpc) is 2.41. The summed E-state index contributed by atoms with van der Waals surface area (Å²) in [6.07, 6.45) is 9.52. The predicted octanol–water partition coefficient (Wildman–Crippen LogP) is 3.05. The van der Waals surface area contributed by atoms with Gasteiger partial charge in [-0.2, -0.15) is 0 Å². The van der Waals surface area contributed by atoms with E-state index >= 15 is 0 Å². The Bertz CT molecular complexity index is 381. The standard InChI is InChI=1S/C15H21BO2/c17-16(18)15(14-9-5-2-6-10-14)12-11-13-7-3-1-4-8-13/h2,5-6,9-10,12-13,17-18H,1,3-4,7-8,11H2. The lowest BCUT2D eigenvalue weighted by Gasteiger charge is -2.20. The number of allylic oxidation sites excluding steroid dienone is 1. The molecule has 0 aromatic heterocycles. The minimum Gasteiger partial charge on any atom is -0.423 e. The van der Waals surface area contributed by atoms with E-state index in [0.717, 1.165) is 17.9 Å². The summed E-state index contributed by atoms with van der Waals surface area (Å²) in [6, 6.07) is 9.63. The first-order valence-electron chi connectivity index (χ1n) is 6.89. The first-order chi connectivity index (χ1) is 8.77. The quantitative estimate of drug-likeness (QED) is 0.799. The summed E-state index contributed by atoms with van der Waals surface area (Å²) < 4.78 is 0. The van der Waals surface area contributed by atoms with E-state index in [9.17, 15) is 10.0 Å². The van der Waals surface area contributed by atoms with E-state index in [1.807, 2.05) is 36.4 Å². The lowest BCUT2D eigenvalue weighted by atomic mass is 9.73. The molecule has 0 saturated heterocycles. The van der Waals surface area contributed by atoms with Crippen molar-refractivity contribution >= 4 is 12.6 Å². The van der Waals surface area contributed by atoms with Crippen molar-refractivity contribution in [3.63, 3.8) is 0 Å². The zero-order valence-electron chi connectivity index (χ0n) is 10.8. The molecule has 1 aliphatic carbocycles. The van der Waals surface area contributed by atoms with Gasteiger partial charge in [0.2, 0.25) is 0 Å². The summed E-state index contributed by atoms with van der Waals surface area (Å²) in [5, 5.41) is 19.0. The zero-order chi connectivity index (χ0) is 12.8. The topological polar surface area (TPSA) is 40.5 Å². The fraction of sp³-hybridized carbons (Fsp3) is 0.467. The Labute approximate surface area is 110 Å². The van der Waals surface area contributed by atoms with Crippen LogP contribution >= 0.6 is 0 Å². The second-order valence-electron chi connectivity index (χ2n) is 5.14. The van der Waals surface area contributed by atoms with Crippen LogP contribution in [0.4, 0.5) is 0 Å². The molecule has 1 saturated carbocycles. The Balaban J connectivity index is 2.05. The maximum absolute atomic E-state index is 9.48. The van der Waals surface area contributed by atoms with Crippen LogP contribution in [0.15, 0.2) is 36.4 Å². The van der Waals surface area contributed by atoms with E-state index in [1.54, 1.807) is 0 Å². The molecule has 0 spiro atoms. The lowest BCUT2D eigenvalue weighted by molar-refractivity contribution is 0.361. The Morgan fingerprint density at radius 2 is 1.78 bits per heavy atom. The molecule has 2 N–H and O–H groups in total. The molecule has 0 aliphatic heterocycles. The van der Waals surface area contributed by atoms with Gasteiger partial charge in [0.1, 0.15) is 0 Å². The molecule has 1 fully saturated rings. The summed E-state index contributed by atoms with van der Waals surface area (Å²) in [6.45, 7) is 0. The fourth-order valence-corrected chi connectivity index (χ4v) is 2.72. The van der Waals surface area contributed by atoms with Gasteiger partial charge in [-0.05, 0) is 23.4 Å². The molecule has 1 aliphatic rings. The first kappa shape index (κ1) is 13.4. The van der Waals surface area contributed by atoms with Crippen LogP contribution in [0.1, 0.15) is 44.1 Å². The second kappa shape index (κ2) is 6.76. The van der Waals surface area contributed by atoms with Gasteiger partial charge in [0, 0.05) is 0 Å². The molecule has 2 rings (SSSR count). The van der Waals surface area contributed by atoms with Crippen LogP contribution in [0.5, 0.6) is 0 Å². The zero-order valence-corrected chi connectivity index (χ0v) is 10.8. The van der Waals surface area contributed by atoms with Crippen LogP contribution in [0.3, 0.4) is 0 Å². The molecule has 1 aromatic rings. The summed E-state index contributed by atoms with van der Waals surface area (Å²) >= 11 is 0. The molecule has 2 nitrogen and oxygen atoms in total. The molecule has 1 aromatic carbocycles. The van der Waals surface area contributed by atoms with Gasteiger partial charge in [-0.25, -0.2) is 0 Å². The van der Waals surface area contributed by atoms with Gasteiger partial charge < -0.3 is 10.0 Å². The molecular formula is C15H21BO2. The molecule has 0 radical (unpaired) electrons. The monoisotopic (exact) mass is 244 g/mol. The second-order valence-corrected chi connectivity index (χ2v) is 5.14. The minimum atomic E-state index is -1.38. The highest BCUT2D eigenvalue weighted by molar-refractivity contribution is 6.65. The SMILES string of the molecule is OB(O)C(=CCC1CCCCC1)c1ccccc1. The maximum Gasteiger partial charge on any atom is 0.488 e. The summed E-state index contributed by atoms with van der Waals surface area (Å²) in [5.74, 6) is 0.719. The summed E-state index contributed by atoms with van der Waals surface area (Å²) in [7, 11) is -1.38. The third-order valence-electron chi connectivity index (χ3n) is 3.78. The Kier molecular flexibility index (Phi) is 5.03. The number of rotatable bonds is 4. The summed E-state index contributed by atoms with van der Waals surface area (Å²) in [5.41, 5.74) is 1.55. The van der Waals surface area contributed by atoms with Crippen molar-refractivity contribution in [1.29, 1.82) is 0 Å². The van der Waals surface area contributed by atoms with E-state index in [0.29, 0.717) is 5.47 Å². The Morgan fingerprint density at radius 1 is 1.11 bits per heavy atom. The van der Waals surface area contributed by atoms with Crippen molar-refractivity contribution in [2.75, 3.05) is 0 Å². The van der Waals surface area contributed by atoms with Crippen LogP contribution in [-0.2, 0) is 0 Å². The smallest absolute Gasteiger partial charge is 0.423 e.